The molecule has 7 nitrogen and oxygen atoms in total. The summed E-state index contributed by atoms with van der Waals surface area (Å²) in [6.07, 6.45) is 0.300. The van der Waals surface area contributed by atoms with Crippen LogP contribution in [0.2, 0.25) is 0 Å². The molecule has 1 saturated heterocycles. The molecule has 0 unspecified atom stereocenters. The fraction of sp³-hybridized carbons (Fsp3) is 0.600. The minimum absolute atomic E-state index is 0.195. The number of rotatable bonds is 6. The molecule has 1 fully saturated rings. The Kier molecular flexibility index (Phi) is 9.22. The van der Waals surface area contributed by atoms with Crippen molar-refractivity contribution < 1.29 is 23.6 Å². The van der Waals surface area contributed by atoms with Gasteiger partial charge in [0.2, 0.25) is 0 Å². The third-order valence-corrected chi connectivity index (χ3v) is 8.79. The second-order valence-corrected chi connectivity index (χ2v) is 14.2. The van der Waals surface area contributed by atoms with Crippen LogP contribution in [-0.4, -0.2) is 59.7 Å². The van der Waals surface area contributed by atoms with E-state index in [1.165, 1.54) is 0 Å². The van der Waals surface area contributed by atoms with Crippen molar-refractivity contribution in [1.29, 1.82) is 0 Å². The summed E-state index contributed by atoms with van der Waals surface area (Å²) >= 11 is 1.55. The lowest BCUT2D eigenvalue weighted by Gasteiger charge is -2.36. The van der Waals surface area contributed by atoms with E-state index in [2.05, 4.69) is 44.9 Å². The van der Waals surface area contributed by atoms with Gasteiger partial charge in [0.1, 0.15) is 0 Å². The molecule has 39 heavy (non-hydrogen) atoms. The van der Waals surface area contributed by atoms with Gasteiger partial charge in [0.25, 0.3) is 5.91 Å². The number of hydrogen-bond acceptors (Lipinski definition) is 7. The summed E-state index contributed by atoms with van der Waals surface area (Å²) in [7, 11) is -0.491. The quantitative estimate of drug-likeness (QED) is 0.386. The summed E-state index contributed by atoms with van der Waals surface area (Å²) in [4.78, 5) is 27.1. The molecular formula is C30H45BN2O5S. The maximum Gasteiger partial charge on any atom is 0.494 e. The Morgan fingerprint density at radius 1 is 1.03 bits per heavy atom. The van der Waals surface area contributed by atoms with Crippen molar-refractivity contribution in [2.24, 2.45) is 0 Å². The zero-order valence-corrected chi connectivity index (χ0v) is 26.1. The number of nitrogens with one attached hydrogen (secondary N) is 2. The zero-order valence-electron chi connectivity index (χ0n) is 25.2. The molecule has 0 aliphatic carbocycles. The Labute approximate surface area is 239 Å². The van der Waals surface area contributed by atoms with Crippen molar-refractivity contribution >= 4 is 36.2 Å². The summed E-state index contributed by atoms with van der Waals surface area (Å²) < 4.78 is 17.9. The van der Waals surface area contributed by atoms with Gasteiger partial charge in [-0.2, -0.15) is 0 Å². The Morgan fingerprint density at radius 2 is 1.59 bits per heavy atom. The molecule has 0 spiro atoms. The summed E-state index contributed by atoms with van der Waals surface area (Å²) in [5.41, 5.74) is 1.16. The minimum atomic E-state index is -0.491. The van der Waals surface area contributed by atoms with Gasteiger partial charge in [-0.25, -0.2) is 4.79 Å². The van der Waals surface area contributed by atoms with Gasteiger partial charge in [-0.3, -0.25) is 4.79 Å². The molecule has 1 amide bonds. The molecule has 0 bridgehead atoms. The van der Waals surface area contributed by atoms with Crippen LogP contribution in [-0.2, 0) is 18.8 Å². The first-order valence-corrected chi connectivity index (χ1v) is 14.6. The lowest BCUT2D eigenvalue weighted by Crippen LogP contribution is -2.53. The van der Waals surface area contributed by atoms with E-state index in [4.69, 9.17) is 14.0 Å². The van der Waals surface area contributed by atoms with Gasteiger partial charge < -0.3 is 24.7 Å². The fourth-order valence-electron chi connectivity index (χ4n) is 4.86. The number of carbonyl (C=O) groups excluding carboxylic acids is 2. The first kappa shape index (κ1) is 31.5. The Bertz CT molecular complexity index is 1120. The van der Waals surface area contributed by atoms with Crippen LogP contribution in [0.5, 0.6) is 0 Å². The summed E-state index contributed by atoms with van der Waals surface area (Å²) in [5.74, 6) is 0.0632. The molecule has 0 aromatic heterocycles. The highest BCUT2D eigenvalue weighted by Crippen LogP contribution is 2.37. The third kappa shape index (κ3) is 7.78. The molecule has 0 radical (unpaired) electrons. The smallest absolute Gasteiger partial charge is 0.459 e. The van der Waals surface area contributed by atoms with E-state index in [9.17, 15) is 9.59 Å². The number of hydrogen-bond donors (Lipinski definition) is 2. The van der Waals surface area contributed by atoms with Gasteiger partial charge >= 0.3 is 13.1 Å². The van der Waals surface area contributed by atoms with E-state index in [1.54, 1.807) is 23.9 Å². The van der Waals surface area contributed by atoms with E-state index >= 15 is 0 Å². The molecular weight excluding hydrogens is 511 g/mol. The summed E-state index contributed by atoms with van der Waals surface area (Å²) in [6.45, 7) is 24.6. The number of benzene rings is 1. The third-order valence-electron chi connectivity index (χ3n) is 7.23. The molecule has 214 valence electrons. The average Bonchev–Trinajstić information content (AvgIpc) is 3.01. The lowest BCUT2D eigenvalue weighted by atomic mass is 9.79. The molecule has 2 aliphatic heterocycles. The zero-order chi connectivity index (χ0) is 29.4. The largest absolute Gasteiger partial charge is 0.494 e. The Morgan fingerprint density at radius 3 is 2.13 bits per heavy atom. The van der Waals surface area contributed by atoms with Crippen molar-refractivity contribution in [2.75, 3.05) is 12.3 Å². The SMILES string of the molecule is C=C1CC(C)(C)NC(C)(C)CSC(CNC(=O)c2ccc(B3OC(C)(C)C(C)(C)O3)cc2)=C1C(=O)OC(C)C. The van der Waals surface area contributed by atoms with E-state index < -0.39 is 24.3 Å². The maximum atomic E-state index is 13.2. The monoisotopic (exact) mass is 556 g/mol. The average molecular weight is 557 g/mol. The standard InChI is InChI=1S/C30H45BN2O5S/c1-19(2)36-26(35)24-20(3)16-27(4,5)33-28(6,7)18-39-23(24)17-32-25(34)21-12-14-22(15-13-21)31-37-29(8,9)30(10,11)38-31/h12-15,19,33H,3,16-18H2,1-2,4-11H3,(H,32,34). The highest BCUT2D eigenvalue weighted by Gasteiger charge is 2.51. The molecule has 2 N–H and O–H groups in total. The van der Waals surface area contributed by atoms with Crippen molar-refractivity contribution in [3.63, 3.8) is 0 Å². The number of esters is 1. The van der Waals surface area contributed by atoms with Crippen LogP contribution < -0.4 is 16.1 Å². The highest BCUT2D eigenvalue weighted by molar-refractivity contribution is 8.03. The maximum absolute atomic E-state index is 13.2. The molecule has 1 aromatic rings. The predicted molar refractivity (Wildman–Crippen MR) is 160 cm³/mol. The molecule has 0 atom stereocenters. The lowest BCUT2D eigenvalue weighted by molar-refractivity contribution is -0.142. The van der Waals surface area contributed by atoms with Crippen LogP contribution in [0.3, 0.4) is 0 Å². The molecule has 2 heterocycles. The van der Waals surface area contributed by atoms with Crippen molar-refractivity contribution in [3.8, 4) is 0 Å². The van der Waals surface area contributed by atoms with Crippen LogP contribution in [0.1, 0.15) is 86.0 Å². The van der Waals surface area contributed by atoms with E-state index in [0.29, 0.717) is 28.9 Å². The summed E-state index contributed by atoms with van der Waals surface area (Å²) in [5, 5.41) is 6.70. The molecule has 0 saturated carbocycles. The van der Waals surface area contributed by atoms with Crippen LogP contribution in [0.4, 0.5) is 0 Å². The van der Waals surface area contributed by atoms with Crippen molar-refractivity contribution in [3.05, 3.63) is 52.5 Å². The summed E-state index contributed by atoms with van der Waals surface area (Å²) in [6, 6.07) is 7.24. The van der Waals surface area contributed by atoms with Gasteiger partial charge in [0, 0.05) is 33.8 Å². The topological polar surface area (TPSA) is 85.9 Å². The van der Waals surface area contributed by atoms with E-state index in [0.717, 1.165) is 10.4 Å². The number of thioether (sulfide) groups is 1. The molecule has 9 heteroatoms. The minimum Gasteiger partial charge on any atom is -0.459 e. The van der Waals surface area contributed by atoms with Crippen molar-refractivity contribution in [1.82, 2.24) is 10.6 Å². The molecule has 1 aromatic carbocycles. The van der Waals surface area contributed by atoms with Gasteiger partial charge in [0.15, 0.2) is 0 Å². The Hall–Kier alpha value is -2.07. The first-order valence-electron chi connectivity index (χ1n) is 13.6. The molecule has 2 aliphatic rings. The number of amides is 1. The Balaban J connectivity index is 1.82. The van der Waals surface area contributed by atoms with Gasteiger partial charge in [-0.1, -0.05) is 18.7 Å². The van der Waals surface area contributed by atoms with Crippen LogP contribution in [0.15, 0.2) is 46.9 Å². The van der Waals surface area contributed by atoms with Crippen molar-refractivity contribution in [2.45, 2.75) is 104 Å². The predicted octanol–water partition coefficient (Wildman–Crippen LogP) is 4.76. The van der Waals surface area contributed by atoms with Crippen LogP contribution >= 0.6 is 11.8 Å². The second-order valence-electron chi connectivity index (χ2n) is 13.1. The van der Waals surface area contributed by atoms with Gasteiger partial charge in [-0.05, 0) is 98.8 Å². The number of ether oxygens (including phenoxy) is 1. The van der Waals surface area contributed by atoms with Gasteiger partial charge in [0.05, 0.1) is 22.9 Å². The van der Waals surface area contributed by atoms with Crippen LogP contribution in [0.25, 0.3) is 0 Å². The van der Waals surface area contributed by atoms with Crippen LogP contribution in [0, 0.1) is 0 Å². The first-order chi connectivity index (χ1) is 17.8. The normalized spacial score (nSPS) is 22.2. The molecule has 3 rings (SSSR count). The van der Waals surface area contributed by atoms with E-state index in [1.807, 2.05) is 53.7 Å². The second kappa shape index (κ2) is 11.4. The van der Waals surface area contributed by atoms with E-state index in [-0.39, 0.29) is 29.6 Å². The van der Waals surface area contributed by atoms with Gasteiger partial charge in [-0.15, -0.1) is 11.8 Å². The number of carbonyl (C=O) groups is 2. The fourth-order valence-corrected chi connectivity index (χ4v) is 6.01. The highest BCUT2D eigenvalue weighted by atomic mass is 32.2.